The minimum atomic E-state index is 0.359. The molecular formula is C15H32BN. The van der Waals surface area contributed by atoms with Gasteiger partial charge in [-0.15, -0.1) is 0 Å². The van der Waals surface area contributed by atoms with Gasteiger partial charge in [-0.05, 0) is 46.1 Å². The highest BCUT2D eigenvalue weighted by Gasteiger charge is 2.51. The van der Waals surface area contributed by atoms with Gasteiger partial charge in [-0.25, -0.2) is 0 Å². The Balaban J connectivity index is 3.13. The summed E-state index contributed by atoms with van der Waals surface area (Å²) in [7, 11) is 2.35. The molecule has 0 aromatic carbocycles. The highest BCUT2D eigenvalue weighted by molar-refractivity contribution is 6.57. The fourth-order valence-electron chi connectivity index (χ4n) is 3.96. The lowest BCUT2D eigenvalue weighted by Gasteiger charge is -2.60. The van der Waals surface area contributed by atoms with Crippen molar-refractivity contribution < 1.29 is 0 Å². The fourth-order valence-corrected chi connectivity index (χ4v) is 3.96. The van der Waals surface area contributed by atoms with Crippen LogP contribution in [0.3, 0.4) is 0 Å². The van der Waals surface area contributed by atoms with Gasteiger partial charge in [0.25, 0.3) is 0 Å². The quantitative estimate of drug-likeness (QED) is 0.657. The molecule has 1 aliphatic heterocycles. The first-order valence-corrected chi connectivity index (χ1v) is 7.46. The Kier molecular flexibility index (Phi) is 4.39. The normalized spacial score (nSPS) is 43.8. The van der Waals surface area contributed by atoms with Gasteiger partial charge in [0.05, 0.1) is 0 Å². The lowest BCUT2D eigenvalue weighted by molar-refractivity contribution is -0.0626. The molecule has 0 radical (unpaired) electrons. The Morgan fingerprint density at radius 2 is 1.71 bits per heavy atom. The van der Waals surface area contributed by atoms with Crippen molar-refractivity contribution in [2.24, 2.45) is 5.92 Å². The zero-order chi connectivity index (χ0) is 13.4. The predicted octanol–water partition coefficient (Wildman–Crippen LogP) is 4.42. The maximum Gasteiger partial charge on any atom is 0.137 e. The molecule has 0 N–H and O–H groups in total. The molecule has 0 amide bonds. The number of likely N-dealkylation sites (tertiary alicyclic amines) is 1. The molecular weight excluding hydrogens is 205 g/mol. The van der Waals surface area contributed by atoms with Gasteiger partial charge in [0.15, 0.2) is 0 Å². The van der Waals surface area contributed by atoms with Crippen molar-refractivity contribution in [3.05, 3.63) is 0 Å². The van der Waals surface area contributed by atoms with E-state index in [2.05, 4.69) is 60.2 Å². The third kappa shape index (κ3) is 2.30. The van der Waals surface area contributed by atoms with Gasteiger partial charge >= 0.3 is 0 Å². The predicted molar refractivity (Wildman–Crippen MR) is 80.2 cm³/mol. The first-order chi connectivity index (χ1) is 7.73. The van der Waals surface area contributed by atoms with Crippen LogP contribution in [0, 0.1) is 5.92 Å². The number of hydrogen-bond acceptors (Lipinski definition) is 1. The van der Waals surface area contributed by atoms with Crippen LogP contribution in [-0.4, -0.2) is 29.7 Å². The molecule has 1 aliphatic rings. The van der Waals surface area contributed by atoms with E-state index in [9.17, 15) is 0 Å². The largest absolute Gasteiger partial charge is 0.295 e. The lowest BCUT2D eigenvalue weighted by Crippen LogP contribution is -2.64. The SMILES string of the molecule is CCC1(C)CC(B(C)C)C(C)C(C)(CC)N1C. The molecule has 0 saturated carbocycles. The summed E-state index contributed by atoms with van der Waals surface area (Å²) in [6.07, 6.45) is 3.87. The van der Waals surface area contributed by atoms with Gasteiger partial charge in [0, 0.05) is 11.1 Å². The molecule has 0 bridgehead atoms. The Morgan fingerprint density at radius 3 is 2.06 bits per heavy atom. The number of rotatable bonds is 3. The lowest BCUT2D eigenvalue weighted by atomic mass is 9.37. The maximum absolute atomic E-state index is 2.68. The van der Waals surface area contributed by atoms with E-state index in [1.165, 1.54) is 19.3 Å². The number of hydrogen-bond donors (Lipinski definition) is 0. The van der Waals surface area contributed by atoms with E-state index in [0.29, 0.717) is 11.1 Å². The minimum Gasteiger partial charge on any atom is -0.295 e. The molecule has 1 heterocycles. The summed E-state index contributed by atoms with van der Waals surface area (Å²) in [5.41, 5.74) is 0.740. The number of nitrogens with zero attached hydrogens (tertiary/aromatic N) is 1. The topological polar surface area (TPSA) is 3.24 Å². The Bertz CT molecular complexity index is 266. The van der Waals surface area contributed by atoms with Crippen LogP contribution in [0.5, 0.6) is 0 Å². The number of piperidine rings is 1. The Morgan fingerprint density at radius 1 is 1.18 bits per heavy atom. The third-order valence-corrected chi connectivity index (χ3v) is 6.21. The second-order valence-electron chi connectivity index (χ2n) is 7.02. The molecule has 100 valence electrons. The summed E-state index contributed by atoms with van der Waals surface area (Å²) in [4.78, 5) is 2.68. The highest BCUT2D eigenvalue weighted by atomic mass is 15.2. The first kappa shape index (κ1) is 15.1. The summed E-state index contributed by atoms with van der Waals surface area (Å²) in [5, 5.41) is 0. The van der Waals surface area contributed by atoms with Gasteiger partial charge in [-0.2, -0.15) is 0 Å². The van der Waals surface area contributed by atoms with Crippen molar-refractivity contribution in [3.63, 3.8) is 0 Å². The van der Waals surface area contributed by atoms with Gasteiger partial charge < -0.3 is 0 Å². The molecule has 2 heteroatoms. The smallest absolute Gasteiger partial charge is 0.137 e. The molecule has 0 spiro atoms. The zero-order valence-corrected chi connectivity index (χ0v) is 13.3. The van der Waals surface area contributed by atoms with Gasteiger partial charge in [0.2, 0.25) is 0 Å². The fraction of sp³-hybridized carbons (Fsp3) is 1.00. The standard InChI is InChI=1S/C15H32BN/c1-9-14(4)11-13(16(6)7)12(3)15(5,10-2)17(14)8/h12-13H,9-11H2,1-8H3. The van der Waals surface area contributed by atoms with Crippen LogP contribution in [0.1, 0.15) is 53.9 Å². The summed E-state index contributed by atoms with van der Waals surface area (Å²) < 4.78 is 0. The van der Waals surface area contributed by atoms with Crippen LogP contribution in [0.2, 0.25) is 19.5 Å². The van der Waals surface area contributed by atoms with E-state index in [1.54, 1.807) is 0 Å². The summed E-state index contributed by atoms with van der Waals surface area (Å²) >= 11 is 0. The molecule has 17 heavy (non-hydrogen) atoms. The van der Waals surface area contributed by atoms with Crippen LogP contribution in [-0.2, 0) is 0 Å². The van der Waals surface area contributed by atoms with Crippen LogP contribution in [0.25, 0.3) is 0 Å². The minimum absolute atomic E-state index is 0.359. The molecule has 1 saturated heterocycles. The average molecular weight is 237 g/mol. The Hall–Kier alpha value is 0.0249. The van der Waals surface area contributed by atoms with E-state index in [1.807, 2.05) is 0 Å². The van der Waals surface area contributed by atoms with Crippen molar-refractivity contribution in [3.8, 4) is 0 Å². The van der Waals surface area contributed by atoms with Crippen LogP contribution in [0.4, 0.5) is 0 Å². The van der Waals surface area contributed by atoms with Crippen LogP contribution < -0.4 is 0 Å². The van der Waals surface area contributed by atoms with E-state index >= 15 is 0 Å². The molecule has 4 atom stereocenters. The van der Waals surface area contributed by atoms with Crippen molar-refractivity contribution in [1.82, 2.24) is 4.90 Å². The average Bonchev–Trinajstić information content (AvgIpc) is 2.31. The first-order valence-electron chi connectivity index (χ1n) is 7.46. The monoisotopic (exact) mass is 237 g/mol. The maximum atomic E-state index is 2.68. The molecule has 1 fully saturated rings. The molecule has 4 unspecified atom stereocenters. The molecule has 0 aromatic heterocycles. The van der Waals surface area contributed by atoms with Gasteiger partial charge in [-0.3, -0.25) is 4.90 Å². The second-order valence-corrected chi connectivity index (χ2v) is 7.02. The summed E-state index contributed by atoms with van der Waals surface area (Å²) in [6, 6.07) is 0. The van der Waals surface area contributed by atoms with Crippen LogP contribution in [0.15, 0.2) is 0 Å². The zero-order valence-electron chi connectivity index (χ0n) is 13.3. The highest BCUT2D eigenvalue weighted by Crippen LogP contribution is 2.50. The van der Waals surface area contributed by atoms with Crippen LogP contribution >= 0.6 is 0 Å². The molecule has 1 rings (SSSR count). The van der Waals surface area contributed by atoms with E-state index in [-0.39, 0.29) is 0 Å². The van der Waals surface area contributed by atoms with Gasteiger partial charge in [-0.1, -0.05) is 40.2 Å². The summed E-state index contributed by atoms with van der Waals surface area (Å²) in [6.45, 7) is 17.7. The molecule has 1 nitrogen and oxygen atoms in total. The third-order valence-electron chi connectivity index (χ3n) is 6.21. The van der Waals surface area contributed by atoms with Crippen molar-refractivity contribution in [2.45, 2.75) is 84.4 Å². The van der Waals surface area contributed by atoms with E-state index < -0.39 is 0 Å². The molecule has 0 aliphatic carbocycles. The molecule has 0 aromatic rings. The second kappa shape index (κ2) is 4.95. The van der Waals surface area contributed by atoms with Gasteiger partial charge in [0.1, 0.15) is 6.71 Å². The van der Waals surface area contributed by atoms with Crippen molar-refractivity contribution in [1.29, 1.82) is 0 Å². The van der Waals surface area contributed by atoms with Crippen molar-refractivity contribution in [2.75, 3.05) is 7.05 Å². The van der Waals surface area contributed by atoms with Crippen molar-refractivity contribution >= 4 is 6.71 Å². The summed E-state index contributed by atoms with van der Waals surface area (Å²) in [5.74, 6) is 1.65. The van der Waals surface area contributed by atoms with E-state index in [0.717, 1.165) is 18.4 Å². The Labute approximate surface area is 109 Å². The van der Waals surface area contributed by atoms with E-state index in [4.69, 9.17) is 0 Å².